The number of nitrogens with one attached hydrogen (secondary N) is 8. The van der Waals surface area contributed by atoms with E-state index in [0.29, 0.717) is 51.3 Å². The number of carbonyl (C=O) groups is 8. The first-order chi connectivity index (χ1) is 21.4. The van der Waals surface area contributed by atoms with Crippen molar-refractivity contribution in [1.82, 2.24) is 30.4 Å². The van der Waals surface area contributed by atoms with Crippen molar-refractivity contribution in [2.24, 2.45) is 0 Å². The molecule has 0 aromatic carbocycles. The molecule has 0 aliphatic rings. The molecule has 0 bridgehead atoms. The Morgan fingerprint density at radius 3 is 0.568 bits per heavy atom. The van der Waals surface area contributed by atoms with Gasteiger partial charge >= 0.3 is 282 Å². The summed E-state index contributed by atoms with van der Waals surface area (Å²) < 4.78 is 38.2. The first-order valence-electron chi connectivity index (χ1n) is 11.4. The van der Waals surface area contributed by atoms with Crippen molar-refractivity contribution in [3.05, 3.63) is 0 Å². The first kappa shape index (κ1) is 49.2. The third kappa shape index (κ3) is 42.4. The molecule has 28 heteroatoms. The fourth-order valence-corrected chi connectivity index (χ4v) is 6.26. The van der Waals surface area contributed by atoms with E-state index < -0.39 is 75.1 Å². The van der Waals surface area contributed by atoms with E-state index in [4.69, 9.17) is 33.7 Å². The van der Waals surface area contributed by atoms with E-state index in [9.17, 15) is 38.4 Å². The second kappa shape index (κ2) is 45.7. The van der Waals surface area contributed by atoms with Crippen LogP contribution in [0.5, 0.6) is 0 Å². The van der Waals surface area contributed by atoms with E-state index in [0.717, 1.165) is 0 Å². The van der Waals surface area contributed by atoms with Crippen LogP contribution in [0.15, 0.2) is 0 Å². The standard InChI is InChI=1S/4C2H5O2.8CH3NO.4Ti/c4*3-1-2-4;8*2-1-3;;;;/h4*3H,1-2H2;8*1H,(H2,2,3);;;;/q4*-1;;;;;;;;;4*+3/p-8. The van der Waals surface area contributed by atoms with Gasteiger partial charge in [0, 0.05) is 0 Å². The number of amides is 8. The molecular formula is C16H36N8O16Ti4. The Hall–Kier alpha value is -1.70. The Morgan fingerprint density at radius 2 is 0.477 bits per heavy atom. The third-order valence-corrected chi connectivity index (χ3v) is 10.7. The maximum absolute atomic E-state index is 9.89. The van der Waals surface area contributed by atoms with Crippen LogP contribution in [0, 0.1) is 0 Å². The number of rotatable bonds is 28. The maximum atomic E-state index is 9.89. The van der Waals surface area contributed by atoms with Gasteiger partial charge < -0.3 is 0 Å². The Balaban J connectivity index is -0.000000242. The molecule has 0 rings (SSSR count). The van der Waals surface area contributed by atoms with Gasteiger partial charge in [-0.05, 0) is 0 Å². The Kier molecular flexibility index (Phi) is 51.1. The third-order valence-electron chi connectivity index (χ3n) is 2.87. The minimum absolute atomic E-state index is 0.122. The van der Waals surface area contributed by atoms with Crippen molar-refractivity contribution in [1.29, 1.82) is 0 Å². The number of hydrogen-bond acceptors (Lipinski definition) is 16. The molecule has 0 fully saturated rings. The van der Waals surface area contributed by atoms with Crippen LogP contribution in [0.1, 0.15) is 0 Å². The van der Waals surface area contributed by atoms with Gasteiger partial charge in [-0.25, -0.2) is 0 Å². The van der Waals surface area contributed by atoms with Gasteiger partial charge in [0.1, 0.15) is 0 Å². The number of carbonyl (C=O) groups excluding carboxylic acids is 8. The summed E-state index contributed by atoms with van der Waals surface area (Å²) in [5.74, 6) is 0. The zero-order valence-corrected chi connectivity index (χ0v) is 29.2. The topological polar surface area (TPSA) is 351 Å². The summed E-state index contributed by atoms with van der Waals surface area (Å²) >= 11 is -9.62. The molecule has 8 amide bonds. The fraction of sp³-hybridized carbons (Fsp3) is 0.500. The normalized spacial score (nSPS) is 8.45. The average Bonchev–Trinajstić information content (AvgIpc) is 3.02. The molecule has 252 valence electrons. The van der Waals surface area contributed by atoms with Crippen molar-refractivity contribution in [2.75, 3.05) is 52.9 Å². The van der Waals surface area contributed by atoms with Crippen LogP contribution < -0.4 is 30.4 Å². The molecule has 0 unspecified atom stereocenters. The first-order valence-corrected chi connectivity index (χ1v) is 20.2. The van der Waals surface area contributed by atoms with Gasteiger partial charge in [-0.3, -0.25) is 0 Å². The molecule has 0 spiro atoms. The zero-order valence-electron chi connectivity index (χ0n) is 23.0. The molecule has 0 saturated carbocycles. The molecule has 0 atom stereocenters. The van der Waals surface area contributed by atoms with Gasteiger partial charge in [0.15, 0.2) is 0 Å². The summed E-state index contributed by atoms with van der Waals surface area (Å²) in [5.41, 5.74) is 0. The van der Waals surface area contributed by atoms with E-state index in [1.54, 1.807) is 0 Å². The summed E-state index contributed by atoms with van der Waals surface area (Å²) in [6.45, 7) is -0.0215. The number of hydrogen-bond donors (Lipinski definition) is 12. The van der Waals surface area contributed by atoms with Crippen molar-refractivity contribution >= 4 is 51.3 Å². The molecule has 44 heavy (non-hydrogen) atoms. The van der Waals surface area contributed by atoms with E-state index in [1.807, 2.05) is 0 Å². The van der Waals surface area contributed by atoms with Gasteiger partial charge in [0.2, 0.25) is 0 Å². The molecule has 24 nitrogen and oxygen atoms in total. The Labute approximate surface area is 279 Å². The molecule has 0 aliphatic carbocycles. The Morgan fingerprint density at radius 1 is 0.341 bits per heavy atom. The molecule has 12 N–H and O–H groups in total. The van der Waals surface area contributed by atoms with Crippen LogP contribution in [-0.2, 0) is 127 Å². The van der Waals surface area contributed by atoms with Crippen molar-refractivity contribution in [3.63, 3.8) is 0 Å². The molecule has 0 aliphatic heterocycles. The van der Waals surface area contributed by atoms with Crippen LogP contribution in [0.2, 0.25) is 0 Å². The number of aliphatic hydroxyl groups is 4. The molecule has 0 aromatic heterocycles. The zero-order chi connectivity index (χ0) is 34.1. The minimum atomic E-state index is -2.40. The second-order valence-electron chi connectivity index (χ2n) is 5.70. The molecule has 0 radical (unpaired) electrons. The predicted molar refractivity (Wildman–Crippen MR) is 126 cm³/mol. The van der Waals surface area contributed by atoms with Crippen LogP contribution >= 0.6 is 0 Å². The average molecular weight is 788 g/mol. The molecule has 0 aromatic rings. The van der Waals surface area contributed by atoms with Crippen molar-refractivity contribution in [3.8, 4) is 0 Å². The monoisotopic (exact) mass is 788 g/mol. The van der Waals surface area contributed by atoms with E-state index in [1.165, 1.54) is 0 Å². The summed E-state index contributed by atoms with van der Waals surface area (Å²) in [4.78, 5) is 79.1. The number of aliphatic hydroxyl groups excluding tert-OH is 4. The van der Waals surface area contributed by atoms with Crippen LogP contribution in [0.4, 0.5) is 0 Å². The molecule has 0 saturated heterocycles. The summed E-state index contributed by atoms with van der Waals surface area (Å²) in [5, 5.41) is 33.3. The van der Waals surface area contributed by atoms with Gasteiger partial charge in [0.25, 0.3) is 0 Å². The quantitative estimate of drug-likeness (QED) is 0.0259. The predicted octanol–water partition coefficient (Wildman–Crippen LogP) is -8.60. The van der Waals surface area contributed by atoms with Crippen LogP contribution in [0.25, 0.3) is 0 Å². The SMILES string of the molecule is O=C[NH][Ti]([NH]C=O)[O]CCO.O=C[NH][Ti]([NH]C=O)[O]CCO.O=C[NH][Ti]([NH]C=O)[O]CCO.O=C[NH][Ti]([NH]C=O)[O]CCO. The molecular weight excluding hydrogens is 752 g/mol. The second-order valence-corrected chi connectivity index (χ2v) is 15.2. The van der Waals surface area contributed by atoms with Gasteiger partial charge in [-0.15, -0.1) is 0 Å². The summed E-state index contributed by atoms with van der Waals surface area (Å²) in [6.07, 6.45) is 3.69. The fourth-order valence-electron chi connectivity index (χ4n) is 1.52. The van der Waals surface area contributed by atoms with Crippen LogP contribution in [-0.4, -0.2) is 125 Å². The van der Waals surface area contributed by atoms with Gasteiger partial charge in [0.05, 0.1) is 0 Å². The van der Waals surface area contributed by atoms with Crippen LogP contribution in [0.3, 0.4) is 0 Å². The van der Waals surface area contributed by atoms with Gasteiger partial charge in [-0.1, -0.05) is 0 Å². The van der Waals surface area contributed by atoms with Gasteiger partial charge in [-0.2, -0.15) is 0 Å². The van der Waals surface area contributed by atoms with E-state index in [-0.39, 0.29) is 52.9 Å². The summed E-state index contributed by atoms with van der Waals surface area (Å²) in [6, 6.07) is 0. The van der Waals surface area contributed by atoms with Crippen molar-refractivity contribution in [2.45, 2.75) is 0 Å². The van der Waals surface area contributed by atoms with Crippen molar-refractivity contribution < 1.29 is 147 Å². The van der Waals surface area contributed by atoms with E-state index in [2.05, 4.69) is 30.4 Å². The summed E-state index contributed by atoms with van der Waals surface area (Å²) in [7, 11) is 0. The molecule has 0 heterocycles. The van der Waals surface area contributed by atoms with E-state index >= 15 is 0 Å². The Bertz CT molecular complexity index is 563.